The van der Waals surface area contributed by atoms with Crippen LogP contribution in [0.2, 0.25) is 10.0 Å². The summed E-state index contributed by atoms with van der Waals surface area (Å²) in [6, 6.07) is 20.0. The number of hydrogen-bond donors (Lipinski definition) is 1. The highest BCUT2D eigenvalue weighted by atomic mass is 35.5. The molecule has 1 N–H and O–H groups in total. The minimum Gasteiger partial charge on any atom is -0.493 e. The second-order valence-corrected chi connectivity index (χ2v) is 6.97. The lowest BCUT2D eigenvalue weighted by atomic mass is 10.2. The Balaban J connectivity index is 1.64. The number of rotatable bonds is 7. The number of para-hydroxylation sites is 1. The first-order valence-corrected chi connectivity index (χ1v) is 9.59. The molecule has 0 saturated heterocycles. The molecule has 148 valence electrons. The fraction of sp³-hybridized carbons (Fsp3) is 0.0870. The van der Waals surface area contributed by atoms with Crippen molar-refractivity contribution in [2.75, 3.05) is 12.4 Å². The maximum atomic E-state index is 12.1. The van der Waals surface area contributed by atoms with E-state index in [1.807, 2.05) is 30.3 Å². The Kier molecular flexibility index (Phi) is 7.17. The first kappa shape index (κ1) is 20.8. The molecule has 1 amide bonds. The fourth-order valence-electron chi connectivity index (χ4n) is 2.56. The van der Waals surface area contributed by atoms with Crippen LogP contribution in [-0.2, 0) is 11.4 Å². The van der Waals surface area contributed by atoms with E-state index < -0.39 is 0 Å². The summed E-state index contributed by atoms with van der Waals surface area (Å²) in [4.78, 5) is 12.1. The van der Waals surface area contributed by atoms with Gasteiger partial charge in [-0.05, 0) is 53.6 Å². The maximum absolute atomic E-state index is 12.1. The summed E-state index contributed by atoms with van der Waals surface area (Å²) in [5.74, 6) is 0.910. The maximum Gasteiger partial charge on any atom is 0.248 e. The quantitative estimate of drug-likeness (QED) is 0.454. The number of carbonyl (C=O) groups is 1. The van der Waals surface area contributed by atoms with E-state index in [2.05, 4.69) is 5.32 Å². The van der Waals surface area contributed by atoms with Gasteiger partial charge in [-0.1, -0.05) is 53.5 Å². The lowest BCUT2D eigenvalue weighted by Crippen LogP contribution is -2.07. The molecule has 0 unspecified atom stereocenters. The summed E-state index contributed by atoms with van der Waals surface area (Å²) in [6.07, 6.45) is 3.13. The molecule has 0 aliphatic rings. The van der Waals surface area contributed by atoms with Gasteiger partial charge in [0.2, 0.25) is 5.91 Å². The highest BCUT2D eigenvalue weighted by Gasteiger charge is 2.06. The molecule has 0 aliphatic heterocycles. The van der Waals surface area contributed by atoms with Gasteiger partial charge < -0.3 is 14.8 Å². The molecule has 0 atom stereocenters. The summed E-state index contributed by atoms with van der Waals surface area (Å²) in [6.45, 7) is 0.392. The second kappa shape index (κ2) is 10.0. The Morgan fingerprint density at radius 3 is 2.48 bits per heavy atom. The van der Waals surface area contributed by atoms with Crippen LogP contribution in [0.25, 0.3) is 6.08 Å². The van der Waals surface area contributed by atoms with Crippen LogP contribution in [-0.4, -0.2) is 13.0 Å². The third kappa shape index (κ3) is 6.01. The zero-order valence-electron chi connectivity index (χ0n) is 15.7. The molecule has 0 radical (unpaired) electrons. The molecular formula is C23H19Cl2NO3. The number of amides is 1. The van der Waals surface area contributed by atoms with E-state index in [0.29, 0.717) is 33.8 Å². The summed E-state index contributed by atoms with van der Waals surface area (Å²) in [5.41, 5.74) is 2.36. The van der Waals surface area contributed by atoms with Gasteiger partial charge in [-0.3, -0.25) is 4.79 Å². The summed E-state index contributed by atoms with van der Waals surface area (Å²) in [7, 11) is 1.57. The largest absolute Gasteiger partial charge is 0.493 e. The Morgan fingerprint density at radius 2 is 1.76 bits per heavy atom. The van der Waals surface area contributed by atoms with Crippen molar-refractivity contribution in [3.8, 4) is 11.5 Å². The van der Waals surface area contributed by atoms with E-state index >= 15 is 0 Å². The van der Waals surface area contributed by atoms with Crippen LogP contribution in [0.4, 0.5) is 5.69 Å². The highest BCUT2D eigenvalue weighted by Crippen LogP contribution is 2.29. The van der Waals surface area contributed by atoms with Gasteiger partial charge in [-0.15, -0.1) is 0 Å². The average Bonchev–Trinajstić information content (AvgIpc) is 2.74. The molecule has 4 nitrogen and oxygen atoms in total. The topological polar surface area (TPSA) is 47.6 Å². The number of ether oxygens (including phenoxy) is 2. The normalized spacial score (nSPS) is 10.7. The Morgan fingerprint density at radius 1 is 1.00 bits per heavy atom. The van der Waals surface area contributed by atoms with Gasteiger partial charge in [-0.2, -0.15) is 0 Å². The van der Waals surface area contributed by atoms with Gasteiger partial charge in [0.05, 0.1) is 17.8 Å². The molecule has 3 rings (SSSR count). The van der Waals surface area contributed by atoms with Crippen molar-refractivity contribution in [1.29, 1.82) is 0 Å². The zero-order valence-corrected chi connectivity index (χ0v) is 17.2. The average molecular weight is 428 g/mol. The number of hydrogen-bond acceptors (Lipinski definition) is 3. The Hall–Kier alpha value is -2.95. The third-order valence-corrected chi connectivity index (χ3v) is 4.64. The minimum atomic E-state index is -0.278. The molecule has 3 aromatic carbocycles. The second-order valence-electron chi connectivity index (χ2n) is 6.13. The van der Waals surface area contributed by atoms with Crippen LogP contribution < -0.4 is 14.8 Å². The van der Waals surface area contributed by atoms with Crippen LogP contribution >= 0.6 is 23.2 Å². The molecule has 0 spiro atoms. The molecular weight excluding hydrogens is 409 g/mol. The van der Waals surface area contributed by atoms with Gasteiger partial charge in [0, 0.05) is 11.1 Å². The molecule has 0 heterocycles. The summed E-state index contributed by atoms with van der Waals surface area (Å²) < 4.78 is 11.3. The van der Waals surface area contributed by atoms with Crippen molar-refractivity contribution in [3.63, 3.8) is 0 Å². The Labute approximate surface area is 179 Å². The van der Waals surface area contributed by atoms with Crippen LogP contribution in [0.5, 0.6) is 11.5 Å². The fourth-order valence-corrected chi connectivity index (χ4v) is 2.87. The van der Waals surface area contributed by atoms with E-state index in [9.17, 15) is 4.79 Å². The van der Waals surface area contributed by atoms with Crippen molar-refractivity contribution >= 4 is 40.9 Å². The highest BCUT2D eigenvalue weighted by molar-refractivity contribution is 6.33. The third-order valence-electron chi connectivity index (χ3n) is 4.05. The van der Waals surface area contributed by atoms with Gasteiger partial charge in [-0.25, -0.2) is 0 Å². The number of benzene rings is 3. The predicted molar refractivity (Wildman–Crippen MR) is 118 cm³/mol. The molecule has 6 heteroatoms. The lowest BCUT2D eigenvalue weighted by molar-refractivity contribution is -0.111. The van der Waals surface area contributed by atoms with E-state index in [-0.39, 0.29) is 5.91 Å². The van der Waals surface area contributed by atoms with Gasteiger partial charge in [0.25, 0.3) is 0 Å². The van der Waals surface area contributed by atoms with Crippen LogP contribution in [0.1, 0.15) is 11.1 Å². The number of carbonyl (C=O) groups excluding carboxylic acids is 1. The number of methoxy groups -OCH3 is 1. The standard InChI is InChI=1S/C23H19Cl2NO3/c1-28-22-14-16(9-13-23(27)26-20-5-3-2-4-19(20)25)8-12-21(22)29-15-17-6-10-18(24)11-7-17/h2-14H,15H2,1H3,(H,26,27). The van der Waals surface area contributed by atoms with Crippen LogP contribution in [0, 0.1) is 0 Å². The molecule has 0 aliphatic carbocycles. The number of nitrogens with one attached hydrogen (secondary N) is 1. The Bertz CT molecular complexity index is 1020. The lowest BCUT2D eigenvalue weighted by Gasteiger charge is -2.11. The predicted octanol–water partition coefficient (Wildman–Crippen LogP) is 6.23. The van der Waals surface area contributed by atoms with E-state index in [0.717, 1.165) is 11.1 Å². The molecule has 0 bridgehead atoms. The molecule has 0 saturated carbocycles. The van der Waals surface area contributed by atoms with Crippen molar-refractivity contribution < 1.29 is 14.3 Å². The zero-order chi connectivity index (χ0) is 20.6. The van der Waals surface area contributed by atoms with E-state index in [4.69, 9.17) is 32.7 Å². The SMILES string of the molecule is COc1cc(C=CC(=O)Nc2ccccc2Cl)ccc1OCc1ccc(Cl)cc1. The number of anilines is 1. The molecule has 29 heavy (non-hydrogen) atoms. The monoisotopic (exact) mass is 427 g/mol. The van der Waals surface area contributed by atoms with Crippen molar-refractivity contribution in [2.45, 2.75) is 6.61 Å². The van der Waals surface area contributed by atoms with Crippen molar-refractivity contribution in [1.82, 2.24) is 0 Å². The minimum absolute atomic E-state index is 0.278. The summed E-state index contributed by atoms with van der Waals surface area (Å²) >= 11 is 11.9. The molecule has 0 fully saturated rings. The van der Waals surface area contributed by atoms with Gasteiger partial charge in [0.15, 0.2) is 11.5 Å². The first-order chi connectivity index (χ1) is 14.0. The molecule has 0 aromatic heterocycles. The molecule has 3 aromatic rings. The van der Waals surface area contributed by atoms with Gasteiger partial charge in [0.1, 0.15) is 6.61 Å². The van der Waals surface area contributed by atoms with Gasteiger partial charge >= 0.3 is 0 Å². The van der Waals surface area contributed by atoms with Crippen molar-refractivity contribution in [2.24, 2.45) is 0 Å². The van der Waals surface area contributed by atoms with Crippen LogP contribution in [0.15, 0.2) is 72.8 Å². The smallest absolute Gasteiger partial charge is 0.248 e. The first-order valence-electron chi connectivity index (χ1n) is 8.84. The number of halogens is 2. The van der Waals surface area contributed by atoms with Crippen LogP contribution in [0.3, 0.4) is 0 Å². The summed E-state index contributed by atoms with van der Waals surface area (Å²) in [5, 5.41) is 3.91. The van der Waals surface area contributed by atoms with E-state index in [1.54, 1.807) is 49.6 Å². The van der Waals surface area contributed by atoms with E-state index in [1.165, 1.54) is 6.08 Å². The van der Waals surface area contributed by atoms with Crippen molar-refractivity contribution in [3.05, 3.63) is 94.0 Å².